The molecule has 0 saturated carbocycles. The summed E-state index contributed by atoms with van der Waals surface area (Å²) < 4.78 is 73.9. The molecule has 1 aliphatic rings. The number of pyridine rings is 1. The fourth-order valence-corrected chi connectivity index (χ4v) is 4.12. The Balaban J connectivity index is 2.04. The second-order valence-corrected chi connectivity index (χ2v) is 8.85. The summed E-state index contributed by atoms with van der Waals surface area (Å²) in [6.45, 7) is 6.22. The largest absolute Gasteiger partial charge is 0.466 e. The summed E-state index contributed by atoms with van der Waals surface area (Å²) in [7, 11) is 0.892. The highest BCUT2D eigenvalue weighted by Gasteiger charge is 2.43. The topological polar surface area (TPSA) is 62.7 Å². The van der Waals surface area contributed by atoms with Gasteiger partial charge in [-0.05, 0) is 38.1 Å². The lowest BCUT2D eigenvalue weighted by Crippen LogP contribution is -2.46. The third-order valence-corrected chi connectivity index (χ3v) is 6.32. The van der Waals surface area contributed by atoms with Crippen LogP contribution >= 0.6 is 23.4 Å². The number of allylic oxidation sites excluding steroid dienone is 2. The van der Waals surface area contributed by atoms with Crippen molar-refractivity contribution < 1.29 is 36.3 Å². The Labute approximate surface area is 206 Å². The second-order valence-electron chi connectivity index (χ2n) is 7.36. The van der Waals surface area contributed by atoms with Gasteiger partial charge in [-0.2, -0.15) is 13.2 Å². The van der Waals surface area contributed by atoms with Crippen molar-refractivity contribution in [3.8, 4) is 5.88 Å². The summed E-state index contributed by atoms with van der Waals surface area (Å²) in [5.74, 6) is -2.16. The number of anilines is 1. The smallest absolute Gasteiger partial charge is 0.431 e. The molecule has 35 heavy (non-hydrogen) atoms. The molecule has 0 spiro atoms. The Kier molecular flexibility index (Phi) is 7.46. The molecule has 0 N–H and O–H groups in total. The number of nitrogens with zero attached hydrogens (tertiary/aromatic N) is 3. The van der Waals surface area contributed by atoms with Crippen molar-refractivity contribution in [3.63, 3.8) is 0 Å². The van der Waals surface area contributed by atoms with Crippen molar-refractivity contribution in [2.24, 2.45) is 0 Å². The lowest BCUT2D eigenvalue weighted by molar-refractivity contribution is -0.123. The van der Waals surface area contributed by atoms with E-state index in [1.54, 1.807) is 0 Å². The molecule has 0 fully saturated rings. The van der Waals surface area contributed by atoms with Crippen LogP contribution in [-0.4, -0.2) is 41.0 Å². The minimum absolute atomic E-state index is 0.0812. The minimum atomic E-state index is -4.84. The molecule has 13 heteroatoms. The van der Waals surface area contributed by atoms with E-state index < -0.39 is 47.0 Å². The first-order chi connectivity index (χ1) is 16.2. The molecule has 1 atom stereocenters. The molecular formula is C22H17ClF5N3O3S. The van der Waals surface area contributed by atoms with Crippen LogP contribution in [0.5, 0.6) is 5.88 Å². The molecule has 6 nitrogen and oxygen atoms in total. The molecule has 186 valence electrons. The highest BCUT2D eigenvalue weighted by Crippen LogP contribution is 2.43. The molecule has 2 heterocycles. The predicted octanol–water partition coefficient (Wildman–Crippen LogP) is 6.35. The fraction of sp³-hybridized carbons (Fsp3) is 0.227. The molecule has 2 amide bonds. The molecule has 1 aromatic carbocycles. The van der Waals surface area contributed by atoms with E-state index in [0.717, 1.165) is 43.2 Å². The Morgan fingerprint density at radius 1 is 1.23 bits per heavy atom. The Bertz CT molecular complexity index is 1250. The van der Waals surface area contributed by atoms with E-state index in [1.165, 1.54) is 13.8 Å². The van der Waals surface area contributed by atoms with Crippen LogP contribution in [-0.2, 0) is 4.79 Å². The van der Waals surface area contributed by atoms with E-state index in [4.69, 9.17) is 16.3 Å². The third-order valence-electron chi connectivity index (χ3n) is 4.83. The Morgan fingerprint density at radius 3 is 2.49 bits per heavy atom. The van der Waals surface area contributed by atoms with E-state index in [0.29, 0.717) is 15.9 Å². The zero-order valence-corrected chi connectivity index (χ0v) is 20.0. The number of hydrogen-bond acceptors (Lipinski definition) is 5. The van der Waals surface area contributed by atoms with Gasteiger partial charge in [-0.1, -0.05) is 29.9 Å². The summed E-state index contributed by atoms with van der Waals surface area (Å²) in [6, 6.07) is 1.81. The molecular weight excluding hydrogens is 517 g/mol. The van der Waals surface area contributed by atoms with Crippen molar-refractivity contribution in [2.45, 2.75) is 35.9 Å². The van der Waals surface area contributed by atoms with Crippen LogP contribution < -0.4 is 9.64 Å². The van der Waals surface area contributed by atoms with Gasteiger partial charge in [0.1, 0.15) is 17.3 Å². The zero-order valence-electron chi connectivity index (χ0n) is 18.4. The molecule has 2 aromatic rings. The first kappa shape index (κ1) is 26.5. The highest BCUT2D eigenvalue weighted by molar-refractivity contribution is 7.99. The van der Waals surface area contributed by atoms with Crippen molar-refractivity contribution in [1.82, 2.24) is 9.88 Å². The van der Waals surface area contributed by atoms with Crippen LogP contribution in [0.2, 0.25) is 5.02 Å². The summed E-state index contributed by atoms with van der Waals surface area (Å²) in [5.41, 5.74) is -2.12. The van der Waals surface area contributed by atoms with Gasteiger partial charge in [-0.25, -0.2) is 18.6 Å². The van der Waals surface area contributed by atoms with Crippen molar-refractivity contribution in [2.75, 3.05) is 11.9 Å². The predicted molar refractivity (Wildman–Crippen MR) is 119 cm³/mol. The quantitative estimate of drug-likeness (QED) is 0.405. The van der Waals surface area contributed by atoms with Gasteiger partial charge >= 0.3 is 12.2 Å². The minimum Gasteiger partial charge on any atom is -0.466 e. The first-order valence-electron chi connectivity index (χ1n) is 9.75. The van der Waals surface area contributed by atoms with Crippen LogP contribution in [0.3, 0.4) is 0 Å². The number of halogens is 6. The molecule has 1 unspecified atom stereocenters. The van der Waals surface area contributed by atoms with Crippen LogP contribution in [0.15, 0.2) is 58.2 Å². The fourth-order valence-electron chi connectivity index (χ4n) is 2.93. The average Bonchev–Trinajstić information content (AvgIpc) is 2.74. The monoisotopic (exact) mass is 533 g/mol. The molecule has 3 rings (SSSR count). The molecule has 0 bridgehead atoms. The Morgan fingerprint density at radius 2 is 1.89 bits per heavy atom. The molecule has 0 saturated heterocycles. The lowest BCUT2D eigenvalue weighted by Gasteiger charge is -2.35. The van der Waals surface area contributed by atoms with E-state index in [2.05, 4.69) is 11.6 Å². The number of carbonyl (C=O) groups is 2. The maximum atomic E-state index is 14.8. The van der Waals surface area contributed by atoms with Gasteiger partial charge in [0.15, 0.2) is 11.9 Å². The van der Waals surface area contributed by atoms with Crippen molar-refractivity contribution in [1.29, 1.82) is 0 Å². The number of ketones is 1. The van der Waals surface area contributed by atoms with Crippen LogP contribution in [0.4, 0.5) is 32.4 Å². The van der Waals surface area contributed by atoms with Gasteiger partial charge in [0.05, 0.1) is 21.8 Å². The Hall–Kier alpha value is -3.12. The maximum absolute atomic E-state index is 14.8. The maximum Gasteiger partial charge on any atom is 0.431 e. The number of alkyl halides is 3. The molecule has 1 aliphatic heterocycles. The SMILES string of the molecule is C=C1C=C(C(F)(F)F)N(C)C(=O)N1c1cc(Sc2cc(F)cnc2OC(C)C(C)=O)c(Cl)cc1F. The average molecular weight is 534 g/mol. The van der Waals surface area contributed by atoms with Gasteiger partial charge < -0.3 is 4.74 Å². The summed E-state index contributed by atoms with van der Waals surface area (Å²) >= 11 is 6.95. The van der Waals surface area contributed by atoms with Crippen molar-refractivity contribution in [3.05, 3.63) is 65.1 Å². The number of aromatic nitrogens is 1. The van der Waals surface area contributed by atoms with Crippen molar-refractivity contribution >= 4 is 40.9 Å². The number of ether oxygens (including phenoxy) is 1. The second kappa shape index (κ2) is 9.86. The summed E-state index contributed by atoms with van der Waals surface area (Å²) in [4.78, 5) is 29.3. The van der Waals surface area contributed by atoms with E-state index in [9.17, 15) is 31.5 Å². The normalized spacial score (nSPS) is 15.3. The number of urea groups is 1. The standard InChI is InChI=1S/C22H17ClF5N3O3S/c1-10-5-19(22(26,27)28)30(4)21(33)31(10)16-8-17(14(23)7-15(16)25)35-18-6-13(24)9-29-20(18)34-12(3)11(2)32/h5-9,12H,1H2,2-4H3. The van der Waals surface area contributed by atoms with Gasteiger partial charge in [0.25, 0.3) is 0 Å². The number of Topliss-reactive ketones (excluding diaryl/α,β-unsaturated/α-hetero) is 1. The first-order valence-corrected chi connectivity index (χ1v) is 10.9. The van der Waals surface area contributed by atoms with Crippen LogP contribution in [0.25, 0.3) is 0 Å². The van der Waals surface area contributed by atoms with Gasteiger partial charge in [0, 0.05) is 17.6 Å². The van der Waals surface area contributed by atoms with Gasteiger partial charge in [0.2, 0.25) is 5.88 Å². The number of amides is 2. The number of rotatable bonds is 6. The van der Waals surface area contributed by atoms with Crippen LogP contribution in [0, 0.1) is 11.6 Å². The molecule has 0 aliphatic carbocycles. The van der Waals surface area contributed by atoms with Crippen LogP contribution in [0.1, 0.15) is 13.8 Å². The molecule has 1 aromatic heterocycles. The van der Waals surface area contributed by atoms with E-state index in [1.807, 2.05) is 0 Å². The van der Waals surface area contributed by atoms with E-state index in [-0.39, 0.29) is 26.5 Å². The number of benzene rings is 1. The van der Waals surface area contributed by atoms with E-state index >= 15 is 0 Å². The summed E-state index contributed by atoms with van der Waals surface area (Å²) in [6.07, 6.45) is -4.25. The molecule has 0 radical (unpaired) electrons. The number of carbonyl (C=O) groups excluding carboxylic acids is 2. The third kappa shape index (κ3) is 5.59. The highest BCUT2D eigenvalue weighted by atomic mass is 35.5. The lowest BCUT2D eigenvalue weighted by atomic mass is 10.2. The van der Waals surface area contributed by atoms with Gasteiger partial charge in [-0.15, -0.1) is 0 Å². The van der Waals surface area contributed by atoms with Gasteiger partial charge in [-0.3, -0.25) is 14.6 Å². The number of hydrogen-bond donors (Lipinski definition) is 0. The summed E-state index contributed by atoms with van der Waals surface area (Å²) in [5, 5.41) is -0.138. The zero-order chi connectivity index (χ0) is 26.2.